The second-order valence-corrected chi connectivity index (χ2v) is 0.838. The third-order valence-corrected chi connectivity index (χ3v) is 0.455. The maximum atomic E-state index is 4.60. The van der Waals surface area contributed by atoms with E-state index >= 15 is 0 Å². The predicted octanol–water partition coefficient (Wildman–Crippen LogP) is 0.612. The van der Waals surface area contributed by atoms with Crippen LogP contribution >= 0.6 is 0 Å². The van der Waals surface area contributed by atoms with Gasteiger partial charge in [-0.15, -0.1) is 0 Å². The normalized spacial score (nSPS) is 15.8. The summed E-state index contributed by atoms with van der Waals surface area (Å²) >= 11 is 0. The van der Waals surface area contributed by atoms with Gasteiger partial charge in [-0.1, -0.05) is 6.79 Å². The van der Waals surface area contributed by atoms with Crippen molar-refractivity contribution in [2.75, 3.05) is 13.2 Å². The van der Waals surface area contributed by atoms with Gasteiger partial charge in [-0.05, 0) is 0 Å². The van der Waals surface area contributed by atoms with E-state index in [1.54, 1.807) is 6.92 Å². The first-order valence-corrected chi connectivity index (χ1v) is 2.26. The smallest absolute Gasteiger partial charge is 0.523 e. The molecule has 44 valence electrons. The topological polar surface area (TPSA) is 18.5 Å². The van der Waals surface area contributed by atoms with E-state index in [1.807, 2.05) is 0 Å². The average Bonchev–Trinajstić information content (AvgIpc) is 2.23. The van der Waals surface area contributed by atoms with Gasteiger partial charge in [0.2, 0.25) is 0 Å². The van der Waals surface area contributed by atoms with Crippen LogP contribution in [-0.2, 0) is 9.47 Å². The fourth-order valence-electron chi connectivity index (χ4n) is 0.241. The average molecular weight is 126 g/mol. The molecule has 1 fully saturated rings. The van der Waals surface area contributed by atoms with Crippen molar-refractivity contribution in [2.45, 2.75) is 6.92 Å². The summed E-state index contributed by atoms with van der Waals surface area (Å²) in [5, 5.41) is 0. The first-order valence-electron chi connectivity index (χ1n) is 2.26. The van der Waals surface area contributed by atoms with E-state index in [9.17, 15) is 0 Å². The third kappa shape index (κ3) is 6.69. The van der Waals surface area contributed by atoms with Gasteiger partial charge in [0.05, 0.1) is 0 Å². The molecule has 0 N–H and O–H groups in total. The molecule has 0 spiro atoms. The Hall–Kier alpha value is 0.686. The molecular formula is C5H10MgO2. The van der Waals surface area contributed by atoms with Crippen LogP contribution in [0, 0.1) is 13.7 Å². The maximum absolute atomic E-state index is 4.60. The first kappa shape index (κ1) is 11.5. The fraction of sp³-hybridized carbons (Fsp3) is 0.600. The molecule has 1 aliphatic rings. The zero-order chi connectivity index (χ0) is 5.54. The van der Waals surface area contributed by atoms with Gasteiger partial charge in [-0.3, -0.25) is 0 Å². The monoisotopic (exact) mass is 126 g/mol. The van der Waals surface area contributed by atoms with Gasteiger partial charge in [-0.2, -0.15) is 6.92 Å². The molecule has 1 saturated heterocycles. The Morgan fingerprint density at radius 2 is 1.62 bits per heavy atom. The van der Waals surface area contributed by atoms with Crippen LogP contribution in [0.15, 0.2) is 0 Å². The summed E-state index contributed by atoms with van der Waals surface area (Å²) in [5.41, 5.74) is 0. The van der Waals surface area contributed by atoms with E-state index in [0.717, 1.165) is 13.2 Å². The molecule has 8 heavy (non-hydrogen) atoms. The van der Waals surface area contributed by atoms with Crippen molar-refractivity contribution < 1.29 is 9.47 Å². The molecule has 0 amide bonds. The number of hydrogen-bond acceptors (Lipinski definition) is 2. The molecule has 1 aliphatic heterocycles. The summed E-state index contributed by atoms with van der Waals surface area (Å²) in [5.74, 6) is 0. The number of ether oxygens (including phenoxy) is 2. The zero-order valence-corrected chi connectivity index (χ0v) is 6.64. The van der Waals surface area contributed by atoms with Crippen molar-refractivity contribution in [1.29, 1.82) is 0 Å². The molecule has 0 atom stereocenters. The van der Waals surface area contributed by atoms with Crippen LogP contribution in [0.2, 0.25) is 0 Å². The third-order valence-electron chi connectivity index (χ3n) is 0.455. The Balaban J connectivity index is 0. The molecule has 0 aliphatic carbocycles. The Morgan fingerprint density at radius 1 is 1.25 bits per heavy atom. The SMILES string of the molecule is [CH-]1OCCO1.[CH2-]C.[Mg+2]. The van der Waals surface area contributed by atoms with Gasteiger partial charge in [-0.25, -0.2) is 0 Å². The van der Waals surface area contributed by atoms with Gasteiger partial charge in [0, 0.05) is 13.2 Å². The molecule has 2 nitrogen and oxygen atoms in total. The summed E-state index contributed by atoms with van der Waals surface area (Å²) in [4.78, 5) is 0. The second kappa shape index (κ2) is 10.6. The van der Waals surface area contributed by atoms with Gasteiger partial charge < -0.3 is 16.4 Å². The summed E-state index contributed by atoms with van der Waals surface area (Å²) in [6, 6.07) is 0. The molecule has 1 heterocycles. The number of hydrogen-bond donors (Lipinski definition) is 0. The van der Waals surface area contributed by atoms with Crippen LogP contribution in [0.3, 0.4) is 0 Å². The minimum absolute atomic E-state index is 0. The van der Waals surface area contributed by atoms with Gasteiger partial charge in [0.1, 0.15) is 0 Å². The van der Waals surface area contributed by atoms with E-state index in [0.29, 0.717) is 0 Å². The van der Waals surface area contributed by atoms with Crippen molar-refractivity contribution in [2.24, 2.45) is 0 Å². The summed E-state index contributed by atoms with van der Waals surface area (Å²) < 4.78 is 9.19. The summed E-state index contributed by atoms with van der Waals surface area (Å²) in [7, 11) is 0. The van der Waals surface area contributed by atoms with E-state index in [1.165, 1.54) is 6.79 Å². The number of rotatable bonds is 0. The Labute approximate surface area is 66.7 Å². The second-order valence-electron chi connectivity index (χ2n) is 0.838. The minimum atomic E-state index is 0. The van der Waals surface area contributed by atoms with Crippen LogP contribution < -0.4 is 0 Å². The van der Waals surface area contributed by atoms with Crippen LogP contribution in [0.1, 0.15) is 6.92 Å². The molecule has 0 aromatic rings. The van der Waals surface area contributed by atoms with Gasteiger partial charge >= 0.3 is 23.1 Å². The van der Waals surface area contributed by atoms with Crippen molar-refractivity contribution in [3.63, 3.8) is 0 Å². The minimum Gasteiger partial charge on any atom is -0.523 e. The van der Waals surface area contributed by atoms with E-state index < -0.39 is 0 Å². The van der Waals surface area contributed by atoms with Crippen molar-refractivity contribution >= 4 is 23.1 Å². The molecular weight excluding hydrogens is 116 g/mol. The first-order chi connectivity index (χ1) is 3.50. The van der Waals surface area contributed by atoms with Gasteiger partial charge in [0.25, 0.3) is 0 Å². The summed E-state index contributed by atoms with van der Waals surface area (Å²) in [6.07, 6.45) is 0. The standard InChI is InChI=1S/C3H5O2.C2H5.Mg/c1-2-5-3-4-1;1-2;/h3H,1-2H2;1H2,2H3;/q2*-1;+2. The zero-order valence-electron chi connectivity index (χ0n) is 5.22. The van der Waals surface area contributed by atoms with E-state index in [-0.39, 0.29) is 23.1 Å². The predicted molar refractivity (Wildman–Crippen MR) is 33.0 cm³/mol. The Morgan fingerprint density at radius 3 is 1.75 bits per heavy atom. The maximum Gasteiger partial charge on any atom is 2.00 e. The van der Waals surface area contributed by atoms with E-state index in [4.69, 9.17) is 0 Å². The van der Waals surface area contributed by atoms with Crippen LogP contribution in [0.5, 0.6) is 0 Å². The van der Waals surface area contributed by atoms with Gasteiger partial charge in [0.15, 0.2) is 0 Å². The quantitative estimate of drug-likeness (QED) is 0.350. The van der Waals surface area contributed by atoms with Crippen molar-refractivity contribution in [3.8, 4) is 0 Å². The molecule has 0 radical (unpaired) electrons. The van der Waals surface area contributed by atoms with Crippen molar-refractivity contribution in [3.05, 3.63) is 13.7 Å². The largest absolute Gasteiger partial charge is 2.00 e. The molecule has 0 aromatic heterocycles. The molecule has 0 unspecified atom stereocenters. The van der Waals surface area contributed by atoms with Crippen LogP contribution in [0.25, 0.3) is 0 Å². The van der Waals surface area contributed by atoms with Crippen LogP contribution in [0.4, 0.5) is 0 Å². The molecule has 0 saturated carbocycles. The van der Waals surface area contributed by atoms with Crippen LogP contribution in [-0.4, -0.2) is 36.3 Å². The van der Waals surface area contributed by atoms with Crippen molar-refractivity contribution in [1.82, 2.24) is 0 Å². The molecule has 3 heteroatoms. The molecule has 1 rings (SSSR count). The fourth-order valence-corrected chi connectivity index (χ4v) is 0.241. The van der Waals surface area contributed by atoms with E-state index in [2.05, 4.69) is 16.4 Å². The molecule has 0 bridgehead atoms. The Kier molecular flexibility index (Phi) is 15.2. The Bertz CT molecular complexity index is 22.0. The summed E-state index contributed by atoms with van der Waals surface area (Å²) in [6.45, 7) is 7.81. The molecule has 0 aromatic carbocycles.